The largest absolute Gasteiger partial charge is 0.548 e. The van der Waals surface area contributed by atoms with E-state index in [0.717, 1.165) is 29.5 Å². The molecule has 0 aromatic carbocycles. The van der Waals surface area contributed by atoms with Gasteiger partial charge in [0.15, 0.2) is 4.83 Å². The van der Waals surface area contributed by atoms with Gasteiger partial charge in [-0.25, -0.2) is 4.68 Å². The second kappa shape index (κ2) is 4.41. The van der Waals surface area contributed by atoms with E-state index in [9.17, 15) is 14.7 Å². The minimum absolute atomic E-state index is 0.374. The highest BCUT2D eigenvalue weighted by atomic mass is 32.1. The summed E-state index contributed by atoms with van der Waals surface area (Å²) in [6.45, 7) is 1.64. The highest BCUT2D eigenvalue weighted by molar-refractivity contribution is 7.18. The number of hydrogen-bond acceptors (Lipinski definition) is 6. The van der Waals surface area contributed by atoms with Gasteiger partial charge >= 0.3 is 0 Å². The molecule has 1 aliphatic carbocycles. The molecule has 0 saturated heterocycles. The number of carboxylic acid groups (broad SMARTS) is 1. The first-order chi connectivity index (χ1) is 9.06. The van der Waals surface area contributed by atoms with Gasteiger partial charge in [0, 0.05) is 4.88 Å². The molecular weight excluding hydrogens is 266 g/mol. The maximum absolute atomic E-state index is 12.3. The minimum Gasteiger partial charge on any atom is -0.548 e. The zero-order valence-corrected chi connectivity index (χ0v) is 11.2. The standard InChI is InChI=1S/C12H13N3O3S/c1-6-2-3-7-8(4-6)19-11-10(7)12(18)15(14-13-11)5-9(16)17/h6H,2-5H2,1H3,(H,16,17)/p-1/t6-/m1/s1. The first-order valence-corrected chi connectivity index (χ1v) is 6.96. The number of aliphatic carboxylic acids is 1. The Kier molecular flexibility index (Phi) is 2.85. The van der Waals surface area contributed by atoms with E-state index in [2.05, 4.69) is 17.2 Å². The Morgan fingerprint density at radius 2 is 2.37 bits per heavy atom. The monoisotopic (exact) mass is 278 g/mol. The molecule has 0 spiro atoms. The smallest absolute Gasteiger partial charge is 0.279 e. The molecule has 0 fully saturated rings. The van der Waals surface area contributed by atoms with Crippen LogP contribution in [-0.4, -0.2) is 21.0 Å². The molecule has 1 aliphatic rings. The van der Waals surface area contributed by atoms with Crippen LogP contribution in [0.1, 0.15) is 23.8 Å². The summed E-state index contributed by atoms with van der Waals surface area (Å²) in [5.41, 5.74) is 0.659. The summed E-state index contributed by atoms with van der Waals surface area (Å²) in [4.78, 5) is 24.6. The fourth-order valence-corrected chi connectivity index (χ4v) is 3.84. The van der Waals surface area contributed by atoms with E-state index in [-0.39, 0.29) is 5.56 Å². The third kappa shape index (κ3) is 2.03. The Bertz CT molecular complexity index is 719. The average Bonchev–Trinajstić information content (AvgIpc) is 2.70. The predicted molar refractivity (Wildman–Crippen MR) is 67.9 cm³/mol. The number of rotatable bonds is 2. The van der Waals surface area contributed by atoms with Crippen molar-refractivity contribution in [1.82, 2.24) is 15.0 Å². The van der Waals surface area contributed by atoms with E-state index in [1.165, 1.54) is 16.2 Å². The Morgan fingerprint density at radius 3 is 3.11 bits per heavy atom. The Hall–Kier alpha value is -1.76. The second-order valence-corrected chi connectivity index (χ2v) is 6.04. The summed E-state index contributed by atoms with van der Waals surface area (Å²) in [7, 11) is 0. The summed E-state index contributed by atoms with van der Waals surface area (Å²) in [5, 5.41) is 18.8. The molecule has 2 aromatic rings. The summed E-state index contributed by atoms with van der Waals surface area (Å²) in [6, 6.07) is 0. The van der Waals surface area contributed by atoms with E-state index in [4.69, 9.17) is 0 Å². The summed E-state index contributed by atoms with van der Waals surface area (Å²) in [5.74, 6) is -0.729. The number of thiophene rings is 1. The molecule has 0 amide bonds. The van der Waals surface area contributed by atoms with Crippen molar-refractivity contribution in [3.05, 3.63) is 20.8 Å². The molecule has 0 saturated carbocycles. The van der Waals surface area contributed by atoms with Gasteiger partial charge in [0.2, 0.25) is 0 Å². The van der Waals surface area contributed by atoms with Gasteiger partial charge in [-0.3, -0.25) is 4.79 Å². The molecule has 0 radical (unpaired) electrons. The summed E-state index contributed by atoms with van der Waals surface area (Å²) >= 11 is 1.50. The Morgan fingerprint density at radius 1 is 1.58 bits per heavy atom. The van der Waals surface area contributed by atoms with Crippen molar-refractivity contribution in [1.29, 1.82) is 0 Å². The lowest BCUT2D eigenvalue weighted by molar-refractivity contribution is -0.306. The highest BCUT2D eigenvalue weighted by Crippen LogP contribution is 2.35. The van der Waals surface area contributed by atoms with Crippen LogP contribution in [0.2, 0.25) is 0 Å². The first kappa shape index (κ1) is 12.3. The van der Waals surface area contributed by atoms with Crippen molar-refractivity contribution >= 4 is 27.5 Å². The molecule has 3 rings (SSSR count). The van der Waals surface area contributed by atoms with E-state index < -0.39 is 12.5 Å². The van der Waals surface area contributed by atoms with Crippen LogP contribution in [-0.2, 0) is 24.2 Å². The van der Waals surface area contributed by atoms with Crippen molar-refractivity contribution in [3.63, 3.8) is 0 Å². The van der Waals surface area contributed by atoms with Gasteiger partial charge in [0.1, 0.15) is 0 Å². The fourth-order valence-electron chi connectivity index (χ4n) is 2.52. The van der Waals surface area contributed by atoms with Crippen LogP contribution >= 0.6 is 11.3 Å². The predicted octanol–water partition coefficient (Wildman–Crippen LogP) is -0.272. The van der Waals surface area contributed by atoms with Crippen molar-refractivity contribution < 1.29 is 9.90 Å². The number of fused-ring (bicyclic) bond motifs is 3. The van der Waals surface area contributed by atoms with Crippen LogP contribution in [0.3, 0.4) is 0 Å². The molecule has 2 aromatic heterocycles. The molecule has 6 nitrogen and oxygen atoms in total. The molecular formula is C12H12N3O3S-. The number of aryl methyl sites for hydroxylation is 1. The van der Waals surface area contributed by atoms with Crippen LogP contribution in [0.4, 0.5) is 0 Å². The molecule has 1 atom stereocenters. The zero-order chi connectivity index (χ0) is 13.6. The van der Waals surface area contributed by atoms with Crippen molar-refractivity contribution in [2.75, 3.05) is 0 Å². The topological polar surface area (TPSA) is 87.9 Å². The molecule has 0 aliphatic heterocycles. The van der Waals surface area contributed by atoms with Gasteiger partial charge in [0.05, 0.1) is 17.9 Å². The Labute approximate surface area is 112 Å². The van der Waals surface area contributed by atoms with Crippen molar-refractivity contribution in [2.45, 2.75) is 32.7 Å². The highest BCUT2D eigenvalue weighted by Gasteiger charge is 2.23. The molecule has 2 heterocycles. The number of hydrogen-bond donors (Lipinski definition) is 0. The average molecular weight is 278 g/mol. The van der Waals surface area contributed by atoms with E-state index >= 15 is 0 Å². The second-order valence-electron chi connectivity index (χ2n) is 4.96. The lowest BCUT2D eigenvalue weighted by atomic mass is 9.89. The third-order valence-electron chi connectivity index (χ3n) is 3.46. The quantitative estimate of drug-likeness (QED) is 0.754. The van der Waals surface area contributed by atoms with Gasteiger partial charge in [-0.1, -0.05) is 12.1 Å². The lowest BCUT2D eigenvalue weighted by Gasteiger charge is -2.17. The van der Waals surface area contributed by atoms with Gasteiger partial charge in [0.25, 0.3) is 5.56 Å². The van der Waals surface area contributed by atoms with E-state index in [0.29, 0.717) is 16.1 Å². The van der Waals surface area contributed by atoms with Crippen molar-refractivity contribution in [2.24, 2.45) is 5.92 Å². The first-order valence-electron chi connectivity index (χ1n) is 6.14. The Balaban J connectivity index is 2.20. The maximum Gasteiger partial charge on any atom is 0.279 e. The number of carbonyl (C=O) groups excluding carboxylic acids is 1. The molecule has 100 valence electrons. The number of nitrogens with zero attached hydrogens (tertiary/aromatic N) is 3. The number of carboxylic acids is 1. The molecule has 0 bridgehead atoms. The fraction of sp³-hybridized carbons (Fsp3) is 0.500. The van der Waals surface area contributed by atoms with Crippen LogP contribution in [0.15, 0.2) is 4.79 Å². The number of carbonyl (C=O) groups is 1. The summed E-state index contributed by atoms with van der Waals surface area (Å²) in [6.07, 6.45) is 2.85. The third-order valence-corrected chi connectivity index (χ3v) is 4.60. The molecule has 7 heteroatoms. The van der Waals surface area contributed by atoms with Gasteiger partial charge < -0.3 is 9.90 Å². The lowest BCUT2D eigenvalue weighted by Crippen LogP contribution is -2.34. The van der Waals surface area contributed by atoms with Crippen LogP contribution in [0.5, 0.6) is 0 Å². The van der Waals surface area contributed by atoms with Gasteiger partial charge in [-0.15, -0.1) is 16.4 Å². The zero-order valence-electron chi connectivity index (χ0n) is 10.4. The van der Waals surface area contributed by atoms with Crippen LogP contribution in [0, 0.1) is 5.92 Å². The number of aromatic nitrogens is 3. The van der Waals surface area contributed by atoms with Crippen LogP contribution < -0.4 is 10.7 Å². The van der Waals surface area contributed by atoms with Crippen LogP contribution in [0.25, 0.3) is 10.2 Å². The SMILES string of the molecule is C[C@@H]1CCc2c(sc3nnn(CC(=O)[O-])c(=O)c23)C1. The summed E-state index contributed by atoms with van der Waals surface area (Å²) < 4.78 is 0.864. The van der Waals surface area contributed by atoms with E-state index in [1.807, 2.05) is 0 Å². The van der Waals surface area contributed by atoms with E-state index in [1.54, 1.807) is 0 Å². The molecule has 0 N–H and O–H groups in total. The normalized spacial score (nSPS) is 18.5. The van der Waals surface area contributed by atoms with Gasteiger partial charge in [-0.05, 0) is 30.7 Å². The van der Waals surface area contributed by atoms with Gasteiger partial charge in [-0.2, -0.15) is 0 Å². The van der Waals surface area contributed by atoms with Crippen molar-refractivity contribution in [3.8, 4) is 0 Å². The molecule has 0 unspecified atom stereocenters. The molecule has 19 heavy (non-hydrogen) atoms. The maximum atomic E-state index is 12.3. The minimum atomic E-state index is -1.34.